The van der Waals surface area contributed by atoms with Crippen molar-refractivity contribution in [3.05, 3.63) is 54.4 Å². The fourth-order valence-corrected chi connectivity index (χ4v) is 3.36. The molecular formula is C20H26N4S. The molecule has 0 bridgehead atoms. The highest BCUT2D eigenvalue weighted by Crippen LogP contribution is 2.16. The van der Waals surface area contributed by atoms with Crippen molar-refractivity contribution in [3.63, 3.8) is 0 Å². The summed E-state index contributed by atoms with van der Waals surface area (Å²) in [4.78, 5) is 8.71. The maximum Gasteiger partial charge on any atom is 0.173 e. The van der Waals surface area contributed by atoms with Crippen LogP contribution in [0.5, 0.6) is 0 Å². The number of hydrogen-bond acceptors (Lipinski definition) is 3. The Balaban J connectivity index is 1.49. The van der Waals surface area contributed by atoms with Crippen molar-refractivity contribution >= 4 is 28.7 Å². The SMILES string of the molecule is CCCCc1ccc(NC(=S)N2CCN(c3ccncc3)CC2)cc1. The van der Waals surface area contributed by atoms with Gasteiger partial charge < -0.3 is 15.1 Å². The Morgan fingerprint density at radius 2 is 1.72 bits per heavy atom. The van der Waals surface area contributed by atoms with E-state index in [2.05, 4.69) is 63.4 Å². The van der Waals surface area contributed by atoms with Gasteiger partial charge in [-0.05, 0) is 54.9 Å². The van der Waals surface area contributed by atoms with Gasteiger partial charge in [-0.3, -0.25) is 4.98 Å². The Labute approximate surface area is 155 Å². The van der Waals surface area contributed by atoms with Gasteiger partial charge in [0.25, 0.3) is 0 Å². The van der Waals surface area contributed by atoms with Crippen molar-refractivity contribution in [2.45, 2.75) is 26.2 Å². The van der Waals surface area contributed by atoms with Gasteiger partial charge in [0.05, 0.1) is 0 Å². The van der Waals surface area contributed by atoms with Crippen molar-refractivity contribution in [1.29, 1.82) is 0 Å². The molecule has 1 aromatic heterocycles. The molecule has 1 saturated heterocycles. The zero-order valence-corrected chi connectivity index (χ0v) is 15.6. The monoisotopic (exact) mass is 354 g/mol. The van der Waals surface area contributed by atoms with Crippen molar-refractivity contribution < 1.29 is 0 Å². The number of pyridine rings is 1. The van der Waals surface area contributed by atoms with E-state index in [0.717, 1.165) is 43.4 Å². The van der Waals surface area contributed by atoms with Gasteiger partial charge in [0, 0.05) is 49.9 Å². The minimum Gasteiger partial charge on any atom is -0.368 e. The lowest BCUT2D eigenvalue weighted by atomic mass is 10.1. The van der Waals surface area contributed by atoms with Crippen LogP contribution in [-0.2, 0) is 6.42 Å². The molecule has 1 N–H and O–H groups in total. The summed E-state index contributed by atoms with van der Waals surface area (Å²) >= 11 is 5.60. The molecule has 0 amide bonds. The van der Waals surface area contributed by atoms with E-state index in [9.17, 15) is 0 Å². The standard InChI is InChI=1S/C20H26N4S/c1-2-3-4-17-5-7-18(8-6-17)22-20(25)24-15-13-23(14-16-24)19-9-11-21-12-10-19/h5-12H,2-4,13-16H2,1H3,(H,22,25). The van der Waals surface area contributed by atoms with Crippen LogP contribution in [0.3, 0.4) is 0 Å². The maximum absolute atomic E-state index is 5.60. The summed E-state index contributed by atoms with van der Waals surface area (Å²) < 4.78 is 0. The predicted octanol–water partition coefficient (Wildman–Crippen LogP) is 3.94. The lowest BCUT2D eigenvalue weighted by Crippen LogP contribution is -2.50. The van der Waals surface area contributed by atoms with Gasteiger partial charge in [-0.15, -0.1) is 0 Å². The lowest BCUT2D eigenvalue weighted by Gasteiger charge is -2.37. The van der Waals surface area contributed by atoms with Crippen LogP contribution >= 0.6 is 12.2 Å². The van der Waals surface area contributed by atoms with Crippen LogP contribution in [0.2, 0.25) is 0 Å². The van der Waals surface area contributed by atoms with Gasteiger partial charge in [-0.1, -0.05) is 25.5 Å². The molecule has 0 saturated carbocycles. The molecule has 0 unspecified atom stereocenters. The van der Waals surface area contributed by atoms with E-state index in [-0.39, 0.29) is 0 Å². The second kappa shape index (κ2) is 8.81. The first kappa shape index (κ1) is 17.7. The van der Waals surface area contributed by atoms with Gasteiger partial charge in [0.1, 0.15) is 0 Å². The average molecular weight is 355 g/mol. The van der Waals surface area contributed by atoms with Crippen molar-refractivity contribution in [1.82, 2.24) is 9.88 Å². The van der Waals surface area contributed by atoms with E-state index in [1.165, 1.54) is 24.1 Å². The third kappa shape index (κ3) is 4.92. The van der Waals surface area contributed by atoms with E-state index in [4.69, 9.17) is 12.2 Å². The highest BCUT2D eigenvalue weighted by Gasteiger charge is 2.19. The summed E-state index contributed by atoms with van der Waals surface area (Å²) in [5.74, 6) is 0. The molecular weight excluding hydrogens is 328 g/mol. The maximum atomic E-state index is 5.60. The number of aryl methyl sites for hydroxylation is 1. The van der Waals surface area contributed by atoms with Crippen LogP contribution in [0.4, 0.5) is 11.4 Å². The molecule has 5 heteroatoms. The summed E-state index contributed by atoms with van der Waals surface area (Å²) in [6.07, 6.45) is 7.32. The molecule has 1 aliphatic heterocycles. The summed E-state index contributed by atoms with van der Waals surface area (Å²) in [7, 11) is 0. The Morgan fingerprint density at radius 1 is 1.04 bits per heavy atom. The van der Waals surface area contributed by atoms with Crippen molar-refractivity contribution in [2.75, 3.05) is 36.4 Å². The van der Waals surface area contributed by atoms with E-state index in [0.29, 0.717) is 0 Å². The molecule has 25 heavy (non-hydrogen) atoms. The Morgan fingerprint density at radius 3 is 2.36 bits per heavy atom. The number of nitrogens with zero attached hydrogens (tertiary/aromatic N) is 3. The molecule has 0 aliphatic carbocycles. The van der Waals surface area contributed by atoms with E-state index < -0.39 is 0 Å². The summed E-state index contributed by atoms with van der Waals surface area (Å²) in [5.41, 5.74) is 3.70. The first-order valence-corrected chi connectivity index (χ1v) is 9.47. The van der Waals surface area contributed by atoms with Crippen LogP contribution in [0, 0.1) is 0 Å². The van der Waals surface area contributed by atoms with Gasteiger partial charge in [0.2, 0.25) is 0 Å². The van der Waals surface area contributed by atoms with Crippen LogP contribution in [0.1, 0.15) is 25.3 Å². The lowest BCUT2D eigenvalue weighted by molar-refractivity contribution is 0.391. The Bertz CT molecular complexity index is 664. The van der Waals surface area contributed by atoms with E-state index in [1.807, 2.05) is 12.4 Å². The number of anilines is 2. The summed E-state index contributed by atoms with van der Waals surface area (Å²) in [6, 6.07) is 12.8. The first-order chi connectivity index (χ1) is 12.3. The predicted molar refractivity (Wildman–Crippen MR) is 109 cm³/mol. The smallest absolute Gasteiger partial charge is 0.173 e. The van der Waals surface area contributed by atoms with Gasteiger partial charge in [0.15, 0.2) is 5.11 Å². The molecule has 2 aromatic rings. The number of piperazine rings is 1. The molecule has 2 heterocycles. The molecule has 1 aromatic carbocycles. The number of nitrogens with one attached hydrogen (secondary N) is 1. The van der Waals surface area contributed by atoms with Crippen molar-refractivity contribution in [3.8, 4) is 0 Å². The van der Waals surface area contributed by atoms with Gasteiger partial charge in [-0.25, -0.2) is 0 Å². The fourth-order valence-electron chi connectivity index (χ4n) is 3.06. The Hall–Kier alpha value is -2.14. The molecule has 0 radical (unpaired) electrons. The third-order valence-electron chi connectivity index (χ3n) is 4.62. The number of benzene rings is 1. The summed E-state index contributed by atoms with van der Waals surface area (Å²) in [5, 5.41) is 4.19. The molecule has 1 aliphatic rings. The van der Waals surface area contributed by atoms with E-state index in [1.54, 1.807) is 0 Å². The zero-order chi connectivity index (χ0) is 17.5. The minimum atomic E-state index is 0.815. The molecule has 0 atom stereocenters. The molecule has 3 rings (SSSR count). The van der Waals surface area contributed by atoms with Gasteiger partial charge in [-0.2, -0.15) is 0 Å². The normalized spacial score (nSPS) is 14.4. The minimum absolute atomic E-state index is 0.815. The zero-order valence-electron chi connectivity index (χ0n) is 14.8. The van der Waals surface area contributed by atoms with Crippen LogP contribution < -0.4 is 10.2 Å². The Kier molecular flexibility index (Phi) is 6.23. The first-order valence-electron chi connectivity index (χ1n) is 9.06. The average Bonchev–Trinajstić information content (AvgIpc) is 2.68. The highest BCUT2D eigenvalue weighted by atomic mass is 32.1. The molecule has 4 nitrogen and oxygen atoms in total. The summed E-state index contributed by atoms with van der Waals surface area (Å²) in [6.45, 7) is 6.04. The molecule has 1 fully saturated rings. The van der Waals surface area contributed by atoms with Crippen molar-refractivity contribution in [2.24, 2.45) is 0 Å². The van der Waals surface area contributed by atoms with Crippen LogP contribution in [-0.4, -0.2) is 41.2 Å². The quantitative estimate of drug-likeness (QED) is 0.822. The van der Waals surface area contributed by atoms with Crippen LogP contribution in [0.15, 0.2) is 48.8 Å². The molecule has 132 valence electrons. The number of thiocarbonyl (C=S) groups is 1. The second-order valence-electron chi connectivity index (χ2n) is 6.41. The third-order valence-corrected chi connectivity index (χ3v) is 4.98. The second-order valence-corrected chi connectivity index (χ2v) is 6.80. The number of hydrogen-bond donors (Lipinski definition) is 1. The number of rotatable bonds is 5. The largest absolute Gasteiger partial charge is 0.368 e. The number of unbranched alkanes of at least 4 members (excludes halogenated alkanes) is 1. The number of aromatic nitrogens is 1. The van der Waals surface area contributed by atoms with Crippen LogP contribution in [0.25, 0.3) is 0 Å². The molecule has 0 spiro atoms. The highest BCUT2D eigenvalue weighted by molar-refractivity contribution is 7.80. The topological polar surface area (TPSA) is 31.4 Å². The fraction of sp³-hybridized carbons (Fsp3) is 0.400. The van der Waals surface area contributed by atoms with Gasteiger partial charge >= 0.3 is 0 Å². The van der Waals surface area contributed by atoms with E-state index >= 15 is 0 Å².